The molecule has 2 rings (SSSR count). The molecule has 1 aliphatic rings. The maximum atomic E-state index is 13.4. The molecule has 1 fully saturated rings. The number of hydrogen-bond acceptors (Lipinski definition) is 2. The third-order valence-corrected chi connectivity index (χ3v) is 3.25. The van der Waals surface area contributed by atoms with Gasteiger partial charge in [-0.25, -0.2) is 4.39 Å². The molecule has 1 aromatic rings. The summed E-state index contributed by atoms with van der Waals surface area (Å²) in [6.07, 6.45) is 3.96. The molecule has 0 amide bonds. The second kappa shape index (κ2) is 3.85. The Kier molecular flexibility index (Phi) is 2.72. The van der Waals surface area contributed by atoms with Crippen molar-refractivity contribution in [1.82, 2.24) is 4.98 Å². The van der Waals surface area contributed by atoms with Gasteiger partial charge in [-0.3, -0.25) is 4.98 Å². The lowest BCUT2D eigenvalue weighted by molar-refractivity contribution is 0.608. The van der Waals surface area contributed by atoms with E-state index < -0.39 is 0 Å². The number of alkyl halides is 1. The van der Waals surface area contributed by atoms with Gasteiger partial charge in [-0.05, 0) is 19.4 Å². The maximum absolute atomic E-state index is 13.4. The van der Waals surface area contributed by atoms with Crippen LogP contribution in [0.4, 0.5) is 10.1 Å². The van der Waals surface area contributed by atoms with Gasteiger partial charge < -0.3 is 4.90 Å². The fraction of sp³-hybridized carbons (Fsp3) is 0.500. The Bertz CT molecular complexity index is 332. The van der Waals surface area contributed by atoms with Gasteiger partial charge in [-0.15, -0.1) is 0 Å². The Balaban J connectivity index is 2.27. The van der Waals surface area contributed by atoms with E-state index in [4.69, 9.17) is 0 Å². The average molecular weight is 259 g/mol. The minimum atomic E-state index is -0.235. The number of aromatic nitrogens is 1. The van der Waals surface area contributed by atoms with Crippen molar-refractivity contribution in [3.8, 4) is 0 Å². The van der Waals surface area contributed by atoms with Crippen LogP contribution in [0, 0.1) is 5.82 Å². The highest BCUT2D eigenvalue weighted by molar-refractivity contribution is 9.09. The number of halogens is 2. The largest absolute Gasteiger partial charge is 0.365 e. The van der Waals surface area contributed by atoms with E-state index in [1.165, 1.54) is 6.20 Å². The lowest BCUT2D eigenvalue weighted by atomic mass is 10.2. The smallest absolute Gasteiger partial charge is 0.164 e. The topological polar surface area (TPSA) is 16.1 Å². The molecule has 0 aliphatic carbocycles. The molecule has 76 valence electrons. The quantitative estimate of drug-likeness (QED) is 0.720. The molecular weight excluding hydrogens is 247 g/mol. The lowest BCUT2D eigenvalue weighted by Crippen LogP contribution is -2.27. The summed E-state index contributed by atoms with van der Waals surface area (Å²) >= 11 is 3.56. The summed E-state index contributed by atoms with van der Waals surface area (Å²) in [4.78, 5) is 6.29. The van der Waals surface area contributed by atoms with Gasteiger partial charge in [-0.2, -0.15) is 0 Å². The zero-order chi connectivity index (χ0) is 10.1. The maximum Gasteiger partial charge on any atom is 0.164 e. The van der Waals surface area contributed by atoms with Gasteiger partial charge >= 0.3 is 0 Å². The number of nitrogens with zero attached hydrogens (tertiary/aromatic N) is 2. The molecule has 2 nitrogen and oxygen atoms in total. The molecule has 2 heterocycles. The predicted molar refractivity (Wildman–Crippen MR) is 58.3 cm³/mol. The monoisotopic (exact) mass is 258 g/mol. The first-order chi connectivity index (χ1) is 6.68. The highest BCUT2D eigenvalue weighted by Crippen LogP contribution is 2.29. The van der Waals surface area contributed by atoms with Crippen molar-refractivity contribution in [2.45, 2.75) is 24.2 Å². The van der Waals surface area contributed by atoms with Gasteiger partial charge in [0.2, 0.25) is 0 Å². The fourth-order valence-corrected chi connectivity index (χ4v) is 2.75. The molecule has 0 spiro atoms. The lowest BCUT2D eigenvalue weighted by Gasteiger charge is -2.23. The van der Waals surface area contributed by atoms with Crippen molar-refractivity contribution >= 4 is 21.6 Å². The van der Waals surface area contributed by atoms with Crippen LogP contribution in [0.15, 0.2) is 18.5 Å². The van der Waals surface area contributed by atoms with Gasteiger partial charge in [-0.1, -0.05) is 15.9 Å². The van der Waals surface area contributed by atoms with Crippen LogP contribution < -0.4 is 4.90 Å². The SMILES string of the molecule is CC1CC(Br)CN1c1ccncc1F. The van der Waals surface area contributed by atoms with E-state index in [-0.39, 0.29) is 5.82 Å². The predicted octanol–water partition coefficient (Wildman–Crippen LogP) is 2.58. The molecule has 2 unspecified atom stereocenters. The summed E-state index contributed by atoms with van der Waals surface area (Å²) in [5.41, 5.74) is 0.662. The van der Waals surface area contributed by atoms with Crippen molar-refractivity contribution in [3.05, 3.63) is 24.3 Å². The minimum Gasteiger partial charge on any atom is -0.365 e. The molecule has 4 heteroatoms. The number of hydrogen-bond donors (Lipinski definition) is 0. The molecule has 14 heavy (non-hydrogen) atoms. The summed E-state index contributed by atoms with van der Waals surface area (Å²) < 4.78 is 13.4. The van der Waals surface area contributed by atoms with Crippen LogP contribution >= 0.6 is 15.9 Å². The molecule has 1 aliphatic heterocycles. The van der Waals surface area contributed by atoms with Crippen LogP contribution in [-0.4, -0.2) is 22.4 Å². The number of anilines is 1. The first-order valence-electron chi connectivity index (χ1n) is 4.68. The van der Waals surface area contributed by atoms with Gasteiger partial charge in [0, 0.05) is 23.6 Å². The highest BCUT2D eigenvalue weighted by atomic mass is 79.9. The first-order valence-corrected chi connectivity index (χ1v) is 5.60. The molecule has 0 N–H and O–H groups in total. The summed E-state index contributed by atoms with van der Waals surface area (Å²) in [5, 5.41) is 0. The Hall–Kier alpha value is -0.640. The molecule has 1 aromatic heterocycles. The molecular formula is C10H12BrFN2. The molecule has 1 saturated heterocycles. The second-order valence-corrected chi connectivity index (χ2v) is 4.96. The normalized spacial score (nSPS) is 26.9. The average Bonchev–Trinajstić information content (AvgIpc) is 2.46. The van der Waals surface area contributed by atoms with E-state index in [9.17, 15) is 4.39 Å². The Morgan fingerprint density at radius 2 is 2.43 bits per heavy atom. The zero-order valence-electron chi connectivity index (χ0n) is 7.95. The van der Waals surface area contributed by atoms with E-state index >= 15 is 0 Å². The third-order valence-electron chi connectivity index (χ3n) is 2.58. The summed E-state index contributed by atoms with van der Waals surface area (Å²) in [7, 11) is 0. The molecule has 2 atom stereocenters. The van der Waals surface area contributed by atoms with E-state index in [2.05, 4.69) is 32.7 Å². The van der Waals surface area contributed by atoms with Crippen molar-refractivity contribution in [2.24, 2.45) is 0 Å². The Morgan fingerprint density at radius 3 is 3.00 bits per heavy atom. The first kappa shape index (κ1) is 9.90. The van der Waals surface area contributed by atoms with E-state index in [1.54, 1.807) is 12.3 Å². The van der Waals surface area contributed by atoms with Crippen LogP contribution in [0.1, 0.15) is 13.3 Å². The van der Waals surface area contributed by atoms with E-state index in [1.807, 2.05) is 0 Å². The van der Waals surface area contributed by atoms with E-state index in [0.29, 0.717) is 16.6 Å². The zero-order valence-corrected chi connectivity index (χ0v) is 9.54. The summed E-state index contributed by atoms with van der Waals surface area (Å²) in [6.45, 7) is 2.98. The van der Waals surface area contributed by atoms with E-state index in [0.717, 1.165) is 13.0 Å². The minimum absolute atomic E-state index is 0.235. The van der Waals surface area contributed by atoms with Crippen LogP contribution in [0.5, 0.6) is 0 Å². The van der Waals surface area contributed by atoms with Crippen LogP contribution in [0.25, 0.3) is 0 Å². The third kappa shape index (κ3) is 1.75. The second-order valence-electron chi connectivity index (χ2n) is 3.66. The fourth-order valence-electron chi connectivity index (χ4n) is 1.90. The number of pyridine rings is 1. The highest BCUT2D eigenvalue weighted by Gasteiger charge is 2.28. The van der Waals surface area contributed by atoms with Gasteiger partial charge in [0.05, 0.1) is 11.9 Å². The Morgan fingerprint density at radius 1 is 1.64 bits per heavy atom. The van der Waals surface area contributed by atoms with Crippen molar-refractivity contribution in [3.63, 3.8) is 0 Å². The standard InChI is InChI=1S/C10H12BrFN2/c1-7-4-8(11)6-14(7)10-2-3-13-5-9(10)12/h2-3,5,7-8H,4,6H2,1H3. The summed E-state index contributed by atoms with van der Waals surface area (Å²) in [6, 6.07) is 2.12. The van der Waals surface area contributed by atoms with Crippen LogP contribution in [0.3, 0.4) is 0 Å². The Labute approximate surface area is 91.3 Å². The van der Waals surface area contributed by atoms with Gasteiger partial charge in [0.15, 0.2) is 5.82 Å². The van der Waals surface area contributed by atoms with Crippen LogP contribution in [-0.2, 0) is 0 Å². The van der Waals surface area contributed by atoms with Gasteiger partial charge in [0.1, 0.15) is 0 Å². The van der Waals surface area contributed by atoms with Crippen molar-refractivity contribution in [2.75, 3.05) is 11.4 Å². The van der Waals surface area contributed by atoms with Crippen molar-refractivity contribution < 1.29 is 4.39 Å². The molecule has 0 saturated carbocycles. The molecule has 0 aromatic carbocycles. The van der Waals surface area contributed by atoms with Gasteiger partial charge in [0.25, 0.3) is 0 Å². The molecule has 0 bridgehead atoms. The van der Waals surface area contributed by atoms with Crippen LogP contribution in [0.2, 0.25) is 0 Å². The number of rotatable bonds is 1. The van der Waals surface area contributed by atoms with Crippen molar-refractivity contribution in [1.29, 1.82) is 0 Å². The summed E-state index contributed by atoms with van der Waals surface area (Å²) in [5.74, 6) is -0.235. The molecule has 0 radical (unpaired) electrons.